The molecule has 0 saturated heterocycles. The highest BCUT2D eigenvalue weighted by molar-refractivity contribution is 7.94. The van der Waals surface area contributed by atoms with Crippen molar-refractivity contribution in [2.75, 3.05) is 5.32 Å². The molecular weight excluding hydrogens is 365 g/mol. The second-order valence-electron chi connectivity index (χ2n) is 4.84. The van der Waals surface area contributed by atoms with Crippen molar-refractivity contribution in [1.29, 1.82) is 0 Å². The predicted molar refractivity (Wildman–Crippen MR) is 93.1 cm³/mol. The Bertz CT molecular complexity index is 988. The number of carbonyl (C=O) groups excluding carboxylic acids is 1. The van der Waals surface area contributed by atoms with Gasteiger partial charge in [0.05, 0.1) is 10.5 Å². The third kappa shape index (κ3) is 4.01. The lowest BCUT2D eigenvalue weighted by Crippen LogP contribution is -2.13. The Hall–Kier alpha value is -2.78. The number of aromatic nitrogens is 1. The first-order valence-corrected chi connectivity index (χ1v) is 9.31. The molecule has 0 atom stereocenters. The Kier molecular flexibility index (Phi) is 4.77. The quantitative estimate of drug-likeness (QED) is 0.730. The van der Waals surface area contributed by atoms with Gasteiger partial charge >= 0.3 is 0 Å². The first-order chi connectivity index (χ1) is 12.0. The molecule has 0 aliphatic carbocycles. The summed E-state index contributed by atoms with van der Waals surface area (Å²) in [7, 11) is -3.89. The monoisotopic (exact) mass is 376 g/mol. The molecule has 0 aliphatic heterocycles. The van der Waals surface area contributed by atoms with Gasteiger partial charge in [-0.25, -0.2) is 12.8 Å². The molecule has 1 N–H and O–H groups in total. The van der Waals surface area contributed by atoms with Crippen molar-refractivity contribution < 1.29 is 17.6 Å². The van der Waals surface area contributed by atoms with Gasteiger partial charge < -0.3 is 15.0 Å². The highest BCUT2D eigenvalue weighted by Crippen LogP contribution is 2.29. The minimum Gasteiger partial charge on any atom is -0.433 e. The molecule has 2 aromatic carbocycles. The van der Waals surface area contributed by atoms with Crippen molar-refractivity contribution in [2.45, 2.75) is 4.90 Å². The second kappa shape index (κ2) is 6.99. The molecule has 3 aromatic rings. The van der Waals surface area contributed by atoms with Gasteiger partial charge in [0.1, 0.15) is 5.82 Å². The summed E-state index contributed by atoms with van der Waals surface area (Å²) in [5.41, 5.74) is 0.236. The molecule has 128 valence electrons. The van der Waals surface area contributed by atoms with Crippen molar-refractivity contribution >= 4 is 38.1 Å². The number of hydrogen-bond donors (Lipinski definition) is 1. The summed E-state index contributed by atoms with van der Waals surface area (Å²) in [5, 5.41) is 4.27. The number of thiazole rings is 1. The molecule has 0 unspecified atom stereocenters. The average Bonchev–Trinajstić information content (AvgIpc) is 3.08. The van der Waals surface area contributed by atoms with Crippen LogP contribution in [-0.2, 0) is 10.0 Å². The standard InChI is InChI=1S/C16H12FN3O3S2/c17-14-4-2-1-3-13(14)15(21)19-11-5-7-12(8-6-11)25(22,23)20-16-18-9-10-24-16/h1-10H,(H2,18,19,20,21)/p-1. The molecule has 0 bridgehead atoms. The van der Waals surface area contributed by atoms with E-state index in [-0.39, 0.29) is 15.6 Å². The molecule has 6 nitrogen and oxygen atoms in total. The second-order valence-corrected chi connectivity index (χ2v) is 7.32. The van der Waals surface area contributed by atoms with Crippen LogP contribution >= 0.6 is 11.3 Å². The fourth-order valence-corrected chi connectivity index (χ4v) is 3.64. The number of anilines is 1. The van der Waals surface area contributed by atoms with E-state index in [4.69, 9.17) is 0 Å². The van der Waals surface area contributed by atoms with Crippen molar-refractivity contribution in [2.24, 2.45) is 0 Å². The van der Waals surface area contributed by atoms with Crippen LogP contribution < -0.4 is 5.32 Å². The van der Waals surface area contributed by atoms with Crippen LogP contribution in [0.1, 0.15) is 10.4 Å². The molecule has 1 amide bonds. The predicted octanol–water partition coefficient (Wildman–Crippen LogP) is 3.93. The van der Waals surface area contributed by atoms with E-state index in [0.717, 1.165) is 11.3 Å². The Morgan fingerprint density at radius 2 is 1.84 bits per heavy atom. The molecule has 3 rings (SSSR count). The largest absolute Gasteiger partial charge is 0.433 e. The summed E-state index contributed by atoms with van der Waals surface area (Å²) in [6.45, 7) is 0. The zero-order chi connectivity index (χ0) is 17.9. The smallest absolute Gasteiger partial charge is 0.258 e. The van der Waals surface area contributed by atoms with Gasteiger partial charge in [-0.05, 0) is 41.8 Å². The normalized spacial score (nSPS) is 11.1. The summed E-state index contributed by atoms with van der Waals surface area (Å²) in [6, 6.07) is 11.0. The molecule has 0 aliphatic rings. The third-order valence-corrected chi connectivity index (χ3v) is 5.21. The summed E-state index contributed by atoms with van der Waals surface area (Å²) in [5.74, 6) is -1.26. The summed E-state index contributed by atoms with van der Waals surface area (Å²) in [6.07, 6.45) is 1.46. The van der Waals surface area contributed by atoms with Crippen molar-refractivity contribution in [1.82, 2.24) is 4.98 Å². The number of nitrogens with one attached hydrogen (secondary N) is 1. The van der Waals surface area contributed by atoms with Crippen LogP contribution in [0.4, 0.5) is 15.2 Å². The maximum atomic E-state index is 13.6. The van der Waals surface area contributed by atoms with E-state index in [1.165, 1.54) is 48.7 Å². The summed E-state index contributed by atoms with van der Waals surface area (Å²) in [4.78, 5) is 15.8. The number of amides is 1. The minimum atomic E-state index is -3.89. The lowest BCUT2D eigenvalue weighted by Gasteiger charge is -2.12. The molecule has 1 heterocycles. The van der Waals surface area contributed by atoms with Crippen LogP contribution in [0.15, 0.2) is 65.0 Å². The Labute approximate surface area is 147 Å². The van der Waals surface area contributed by atoms with E-state index < -0.39 is 21.7 Å². The van der Waals surface area contributed by atoms with Crippen LogP contribution in [0.3, 0.4) is 0 Å². The number of hydrogen-bond acceptors (Lipinski definition) is 5. The number of benzene rings is 2. The minimum absolute atomic E-state index is 0.0356. The van der Waals surface area contributed by atoms with Gasteiger partial charge in [-0.3, -0.25) is 4.79 Å². The van der Waals surface area contributed by atoms with Crippen LogP contribution in [-0.4, -0.2) is 19.3 Å². The highest BCUT2D eigenvalue weighted by atomic mass is 32.2. The highest BCUT2D eigenvalue weighted by Gasteiger charge is 2.13. The van der Waals surface area contributed by atoms with E-state index in [1.807, 2.05) is 0 Å². The maximum Gasteiger partial charge on any atom is 0.258 e. The number of rotatable bonds is 5. The molecule has 25 heavy (non-hydrogen) atoms. The lowest BCUT2D eigenvalue weighted by molar-refractivity contribution is 0.102. The molecule has 0 fully saturated rings. The van der Waals surface area contributed by atoms with E-state index in [2.05, 4.69) is 15.0 Å². The van der Waals surface area contributed by atoms with Crippen LogP contribution in [0.5, 0.6) is 0 Å². The van der Waals surface area contributed by atoms with E-state index in [1.54, 1.807) is 11.4 Å². The molecule has 0 spiro atoms. The number of carbonyl (C=O) groups is 1. The lowest BCUT2D eigenvalue weighted by atomic mass is 10.2. The summed E-state index contributed by atoms with van der Waals surface area (Å²) < 4.78 is 41.5. The molecule has 9 heteroatoms. The van der Waals surface area contributed by atoms with Gasteiger partial charge in [0.25, 0.3) is 5.91 Å². The van der Waals surface area contributed by atoms with Gasteiger partial charge in [-0.15, -0.1) is 0 Å². The van der Waals surface area contributed by atoms with Gasteiger partial charge in [0, 0.05) is 10.8 Å². The Morgan fingerprint density at radius 3 is 2.48 bits per heavy atom. The van der Waals surface area contributed by atoms with Gasteiger partial charge in [-0.2, -0.15) is 11.3 Å². The van der Waals surface area contributed by atoms with Crippen LogP contribution in [0, 0.1) is 5.82 Å². The van der Waals surface area contributed by atoms with Gasteiger partial charge in [0.15, 0.2) is 0 Å². The van der Waals surface area contributed by atoms with E-state index in [9.17, 15) is 17.6 Å². The van der Waals surface area contributed by atoms with E-state index in [0.29, 0.717) is 5.69 Å². The zero-order valence-electron chi connectivity index (χ0n) is 12.6. The maximum absolute atomic E-state index is 13.6. The number of sulfonamides is 1. The third-order valence-electron chi connectivity index (χ3n) is 3.15. The zero-order valence-corrected chi connectivity index (χ0v) is 14.2. The SMILES string of the molecule is O=C(Nc1ccc(S(=O)(=O)[N-]c2nccs2)cc1)c1ccccc1F. The average molecular weight is 376 g/mol. The Morgan fingerprint density at radius 1 is 1.12 bits per heavy atom. The topological polar surface area (TPSA) is 90.2 Å². The van der Waals surface area contributed by atoms with E-state index >= 15 is 0 Å². The molecule has 0 radical (unpaired) electrons. The first kappa shape index (κ1) is 17.1. The fraction of sp³-hybridized carbons (Fsp3) is 0. The van der Waals surface area contributed by atoms with Crippen LogP contribution in [0.25, 0.3) is 4.72 Å². The summed E-state index contributed by atoms with van der Waals surface area (Å²) >= 11 is 1.11. The van der Waals surface area contributed by atoms with Crippen molar-refractivity contribution in [3.63, 3.8) is 0 Å². The number of halogens is 1. The molecule has 1 aromatic heterocycles. The van der Waals surface area contributed by atoms with Crippen molar-refractivity contribution in [3.8, 4) is 0 Å². The number of nitrogens with zero attached hydrogens (tertiary/aromatic N) is 2. The Balaban J connectivity index is 1.74. The van der Waals surface area contributed by atoms with Crippen molar-refractivity contribution in [3.05, 3.63) is 76.2 Å². The van der Waals surface area contributed by atoms with Gasteiger partial charge in [0.2, 0.25) is 10.0 Å². The first-order valence-electron chi connectivity index (χ1n) is 6.99. The molecular formula is C16H11FN3O3S2-. The van der Waals surface area contributed by atoms with Gasteiger partial charge in [-0.1, -0.05) is 18.3 Å². The molecule has 0 saturated carbocycles. The fourth-order valence-electron chi connectivity index (χ4n) is 1.97. The van der Waals surface area contributed by atoms with Crippen LogP contribution in [0.2, 0.25) is 0 Å².